The molecule has 1 aliphatic rings. The average Bonchev–Trinajstić information content (AvgIpc) is 2.99. The van der Waals surface area contributed by atoms with E-state index in [0.29, 0.717) is 12.1 Å². The Labute approximate surface area is 249 Å². The lowest BCUT2D eigenvalue weighted by atomic mass is 9.98. The van der Waals surface area contributed by atoms with Gasteiger partial charge in [-0.25, -0.2) is 9.97 Å². The number of nitrogens with zero attached hydrogens (tertiary/aromatic N) is 5. The van der Waals surface area contributed by atoms with Crippen molar-refractivity contribution in [3.63, 3.8) is 0 Å². The van der Waals surface area contributed by atoms with Crippen LogP contribution >= 0.6 is 0 Å². The van der Waals surface area contributed by atoms with E-state index in [9.17, 15) is 4.79 Å². The normalized spacial score (nSPS) is 17.2. The highest BCUT2D eigenvalue weighted by atomic mass is 16.5. The summed E-state index contributed by atoms with van der Waals surface area (Å²) < 4.78 is 5.89. The number of carbonyl (C=O) groups excluding carboxylic acids is 1. The molecule has 0 saturated carbocycles. The van der Waals surface area contributed by atoms with Crippen molar-refractivity contribution in [2.24, 2.45) is 0 Å². The Morgan fingerprint density at radius 2 is 1.74 bits per heavy atom. The first-order valence-electron chi connectivity index (χ1n) is 15.0. The second kappa shape index (κ2) is 13.0. The summed E-state index contributed by atoms with van der Waals surface area (Å²) in [5.41, 5.74) is 7.44. The van der Waals surface area contributed by atoms with E-state index in [1.165, 1.54) is 11.1 Å². The Morgan fingerprint density at radius 3 is 2.48 bits per heavy atom. The number of rotatable bonds is 9. The molecule has 0 bridgehead atoms. The van der Waals surface area contributed by atoms with Gasteiger partial charge in [-0.3, -0.25) is 14.7 Å². The summed E-state index contributed by atoms with van der Waals surface area (Å²) in [5, 5.41) is 4.00. The van der Waals surface area contributed by atoms with Crippen LogP contribution in [0.5, 0.6) is 0 Å². The van der Waals surface area contributed by atoms with Crippen molar-refractivity contribution in [1.82, 2.24) is 25.2 Å². The Balaban J connectivity index is 1.32. The van der Waals surface area contributed by atoms with E-state index in [1.807, 2.05) is 54.7 Å². The SMILES string of the molecule is CCN(CC)Cc1cc(C(=O)NCc2cc3nc(-c4cccc(N5C[C@@H](C)O[C@@H](C)C5)n4)ccc3cn2)cc(C)c1C. The summed E-state index contributed by atoms with van der Waals surface area (Å²) >= 11 is 0. The number of aromatic nitrogens is 3. The van der Waals surface area contributed by atoms with Crippen molar-refractivity contribution in [3.05, 3.63) is 82.7 Å². The highest BCUT2D eigenvalue weighted by Crippen LogP contribution is 2.24. The number of fused-ring (bicyclic) bond motifs is 1. The summed E-state index contributed by atoms with van der Waals surface area (Å²) in [5.74, 6) is 0.830. The molecule has 0 spiro atoms. The Hall–Kier alpha value is -3.88. The van der Waals surface area contributed by atoms with Gasteiger partial charge in [-0.15, -0.1) is 0 Å². The number of pyridine rings is 3. The molecule has 1 N–H and O–H groups in total. The van der Waals surface area contributed by atoms with E-state index in [1.54, 1.807) is 0 Å². The van der Waals surface area contributed by atoms with Gasteiger partial charge in [-0.05, 0) is 99.9 Å². The first-order chi connectivity index (χ1) is 20.2. The van der Waals surface area contributed by atoms with Crippen LogP contribution in [-0.2, 0) is 17.8 Å². The second-order valence-corrected chi connectivity index (χ2v) is 11.3. The fourth-order valence-corrected chi connectivity index (χ4v) is 5.59. The maximum Gasteiger partial charge on any atom is 0.251 e. The molecule has 8 nitrogen and oxygen atoms in total. The van der Waals surface area contributed by atoms with E-state index in [0.717, 1.165) is 72.1 Å². The number of morpholine rings is 1. The summed E-state index contributed by atoms with van der Waals surface area (Å²) in [6, 6.07) is 16.0. The molecule has 4 heterocycles. The number of anilines is 1. The van der Waals surface area contributed by atoms with Crippen molar-refractivity contribution in [3.8, 4) is 11.4 Å². The van der Waals surface area contributed by atoms with E-state index in [-0.39, 0.29) is 18.1 Å². The summed E-state index contributed by atoms with van der Waals surface area (Å²) in [4.78, 5) is 32.2. The van der Waals surface area contributed by atoms with Gasteiger partial charge in [0.15, 0.2) is 0 Å². The van der Waals surface area contributed by atoms with Crippen LogP contribution in [0.1, 0.15) is 60.4 Å². The van der Waals surface area contributed by atoms with Crippen LogP contribution in [0.15, 0.2) is 54.7 Å². The quantitative estimate of drug-likeness (QED) is 0.279. The zero-order chi connectivity index (χ0) is 29.8. The number of hydrogen-bond acceptors (Lipinski definition) is 7. The maximum atomic E-state index is 13.2. The first-order valence-corrected chi connectivity index (χ1v) is 15.0. The molecule has 5 rings (SSSR count). The number of amides is 1. The molecule has 2 atom stereocenters. The summed E-state index contributed by atoms with van der Waals surface area (Å²) in [6.07, 6.45) is 2.13. The summed E-state index contributed by atoms with van der Waals surface area (Å²) in [7, 11) is 0. The molecule has 1 amide bonds. The Kier molecular flexibility index (Phi) is 9.14. The van der Waals surface area contributed by atoms with Crippen molar-refractivity contribution in [1.29, 1.82) is 0 Å². The van der Waals surface area contributed by atoms with Crippen LogP contribution in [-0.4, -0.2) is 64.1 Å². The number of ether oxygens (including phenoxy) is 1. The van der Waals surface area contributed by atoms with Crippen molar-refractivity contribution in [2.45, 2.75) is 66.8 Å². The smallest absolute Gasteiger partial charge is 0.251 e. The van der Waals surface area contributed by atoms with Crippen molar-refractivity contribution in [2.75, 3.05) is 31.1 Å². The molecule has 3 aromatic heterocycles. The van der Waals surface area contributed by atoms with Gasteiger partial charge in [0.25, 0.3) is 5.91 Å². The molecule has 42 heavy (non-hydrogen) atoms. The molecule has 1 fully saturated rings. The highest BCUT2D eigenvalue weighted by Gasteiger charge is 2.23. The highest BCUT2D eigenvalue weighted by molar-refractivity contribution is 5.94. The van der Waals surface area contributed by atoms with E-state index < -0.39 is 0 Å². The van der Waals surface area contributed by atoms with Crippen molar-refractivity contribution < 1.29 is 9.53 Å². The zero-order valence-corrected chi connectivity index (χ0v) is 25.6. The molecule has 1 aliphatic heterocycles. The van der Waals surface area contributed by atoms with Crippen LogP contribution in [0, 0.1) is 13.8 Å². The molecule has 1 aromatic carbocycles. The van der Waals surface area contributed by atoms with Gasteiger partial charge in [-0.2, -0.15) is 0 Å². The fraction of sp³-hybridized carbons (Fsp3) is 0.412. The minimum absolute atomic E-state index is 0.102. The van der Waals surface area contributed by atoms with Gasteiger partial charge in [0.05, 0.1) is 41.4 Å². The van der Waals surface area contributed by atoms with Gasteiger partial charge >= 0.3 is 0 Å². The predicted molar refractivity (Wildman–Crippen MR) is 169 cm³/mol. The average molecular weight is 567 g/mol. The molecule has 220 valence electrons. The lowest BCUT2D eigenvalue weighted by molar-refractivity contribution is -0.00545. The van der Waals surface area contributed by atoms with Crippen LogP contribution in [0.25, 0.3) is 22.3 Å². The minimum Gasteiger partial charge on any atom is -0.372 e. The number of aryl methyl sites for hydroxylation is 1. The molecule has 0 radical (unpaired) electrons. The third-order valence-corrected chi connectivity index (χ3v) is 8.13. The number of nitrogens with one attached hydrogen (secondary N) is 1. The Morgan fingerprint density at radius 1 is 1.00 bits per heavy atom. The standard InChI is InChI=1S/C34H42N6O2/c1-7-39(8-2)21-28-15-27(14-22(3)25(28)6)34(41)36-18-29-16-32-26(17-35-29)12-13-31(37-32)30-10-9-11-33(38-30)40-19-23(4)42-24(5)20-40/h9-17,23-24H,7-8,18-21H2,1-6H3,(H,36,41)/t23-,24+. The molecular weight excluding hydrogens is 524 g/mol. The lowest BCUT2D eigenvalue weighted by Crippen LogP contribution is -2.45. The number of benzene rings is 1. The van der Waals surface area contributed by atoms with Crippen LogP contribution < -0.4 is 10.2 Å². The number of hydrogen-bond donors (Lipinski definition) is 1. The molecule has 0 aliphatic carbocycles. The Bertz CT molecular complexity index is 1560. The van der Waals surface area contributed by atoms with Gasteiger partial charge in [0, 0.05) is 36.8 Å². The van der Waals surface area contributed by atoms with Gasteiger partial charge in [0.2, 0.25) is 0 Å². The molecule has 8 heteroatoms. The minimum atomic E-state index is -0.102. The van der Waals surface area contributed by atoms with E-state index >= 15 is 0 Å². The molecule has 4 aromatic rings. The topological polar surface area (TPSA) is 83.5 Å². The first kappa shape index (κ1) is 29.6. The van der Waals surface area contributed by atoms with Gasteiger partial charge in [-0.1, -0.05) is 19.9 Å². The lowest BCUT2D eigenvalue weighted by Gasteiger charge is -2.36. The van der Waals surface area contributed by atoms with Gasteiger partial charge in [0.1, 0.15) is 5.82 Å². The second-order valence-electron chi connectivity index (χ2n) is 11.3. The van der Waals surface area contributed by atoms with E-state index in [4.69, 9.17) is 14.7 Å². The van der Waals surface area contributed by atoms with Crippen LogP contribution in [0.4, 0.5) is 5.82 Å². The molecule has 0 unspecified atom stereocenters. The number of carbonyl (C=O) groups is 1. The van der Waals surface area contributed by atoms with E-state index in [2.05, 4.69) is 61.6 Å². The maximum absolute atomic E-state index is 13.2. The van der Waals surface area contributed by atoms with Gasteiger partial charge < -0.3 is 15.0 Å². The largest absolute Gasteiger partial charge is 0.372 e. The third-order valence-electron chi connectivity index (χ3n) is 8.13. The molecule has 1 saturated heterocycles. The third kappa shape index (κ3) is 6.77. The monoisotopic (exact) mass is 566 g/mol. The van der Waals surface area contributed by atoms with Crippen LogP contribution in [0.3, 0.4) is 0 Å². The van der Waals surface area contributed by atoms with Crippen molar-refractivity contribution >= 4 is 22.6 Å². The van der Waals surface area contributed by atoms with Crippen LogP contribution in [0.2, 0.25) is 0 Å². The molecular formula is C34H42N6O2. The fourth-order valence-electron chi connectivity index (χ4n) is 5.59. The predicted octanol–water partition coefficient (Wildman–Crippen LogP) is 5.69. The zero-order valence-electron chi connectivity index (χ0n) is 25.6. The summed E-state index contributed by atoms with van der Waals surface area (Å²) in [6.45, 7) is 17.4.